The van der Waals surface area contributed by atoms with Gasteiger partial charge in [0, 0.05) is 0 Å². The lowest BCUT2D eigenvalue weighted by atomic mass is 9.82. The van der Waals surface area contributed by atoms with Crippen LogP contribution in [0.3, 0.4) is 0 Å². The molecule has 0 fully saturated rings. The summed E-state index contributed by atoms with van der Waals surface area (Å²) in [6.07, 6.45) is -0.620. The zero-order chi connectivity index (χ0) is 13.4. The number of aliphatic hydroxyl groups is 1. The van der Waals surface area contributed by atoms with E-state index in [4.69, 9.17) is 5.73 Å². The normalized spacial score (nSPS) is 15.7. The lowest BCUT2D eigenvalue weighted by Gasteiger charge is -2.31. The fourth-order valence-corrected chi connectivity index (χ4v) is 1.90. The Kier molecular flexibility index (Phi) is 3.84. The first-order valence-electron chi connectivity index (χ1n) is 5.88. The van der Waals surface area contributed by atoms with Gasteiger partial charge in [-0.2, -0.15) is 0 Å². The highest BCUT2D eigenvalue weighted by Crippen LogP contribution is 2.31. The van der Waals surface area contributed by atoms with E-state index in [0.29, 0.717) is 5.75 Å². The Balaban J connectivity index is 3.09. The maximum absolute atomic E-state index is 10.2. The van der Waals surface area contributed by atoms with Crippen LogP contribution < -0.4 is 5.73 Å². The maximum Gasteiger partial charge on any atom is 0.121 e. The summed E-state index contributed by atoms with van der Waals surface area (Å²) in [6.45, 7) is 9.54. The van der Waals surface area contributed by atoms with E-state index in [1.807, 2.05) is 46.8 Å². The van der Waals surface area contributed by atoms with Crippen LogP contribution >= 0.6 is 0 Å². The van der Waals surface area contributed by atoms with Crippen LogP contribution in [0.15, 0.2) is 12.1 Å². The highest BCUT2D eigenvalue weighted by Gasteiger charge is 2.29. The Morgan fingerprint density at radius 2 is 1.53 bits per heavy atom. The minimum Gasteiger partial charge on any atom is -0.507 e. The predicted molar refractivity (Wildman–Crippen MR) is 70.0 cm³/mol. The Hall–Kier alpha value is -1.06. The summed E-state index contributed by atoms with van der Waals surface area (Å²) >= 11 is 0. The van der Waals surface area contributed by atoms with Crippen molar-refractivity contribution in [3.05, 3.63) is 28.8 Å². The van der Waals surface area contributed by atoms with Gasteiger partial charge in [0.1, 0.15) is 5.75 Å². The minimum atomic E-state index is -0.620. The summed E-state index contributed by atoms with van der Waals surface area (Å²) in [5.41, 5.74) is 8.25. The topological polar surface area (TPSA) is 66.5 Å². The number of nitrogens with two attached hydrogens (primary N) is 1. The summed E-state index contributed by atoms with van der Waals surface area (Å²) in [5, 5.41) is 19.9. The Morgan fingerprint density at radius 3 is 1.88 bits per heavy atom. The summed E-state index contributed by atoms with van der Waals surface area (Å²) < 4.78 is 0. The van der Waals surface area contributed by atoms with E-state index in [9.17, 15) is 10.2 Å². The van der Waals surface area contributed by atoms with E-state index in [1.165, 1.54) is 0 Å². The van der Waals surface area contributed by atoms with Gasteiger partial charge in [-0.1, -0.05) is 32.9 Å². The van der Waals surface area contributed by atoms with Crippen LogP contribution in [-0.2, 0) is 0 Å². The molecule has 0 aliphatic carbocycles. The van der Waals surface area contributed by atoms with Gasteiger partial charge in [-0.25, -0.2) is 0 Å². The molecule has 0 saturated carbocycles. The van der Waals surface area contributed by atoms with Crippen LogP contribution in [0, 0.1) is 19.3 Å². The number of hydrogen-bond acceptors (Lipinski definition) is 3. The van der Waals surface area contributed by atoms with Crippen molar-refractivity contribution in [2.75, 3.05) is 0 Å². The first-order valence-corrected chi connectivity index (χ1v) is 5.88. The van der Waals surface area contributed by atoms with Crippen molar-refractivity contribution in [2.24, 2.45) is 11.1 Å². The third-order valence-corrected chi connectivity index (χ3v) is 3.13. The molecule has 0 aliphatic rings. The minimum absolute atomic E-state index is 0.265. The van der Waals surface area contributed by atoms with Gasteiger partial charge < -0.3 is 15.9 Å². The van der Waals surface area contributed by atoms with Crippen LogP contribution in [0.2, 0.25) is 0 Å². The lowest BCUT2D eigenvalue weighted by Crippen LogP contribution is -2.37. The number of aryl methyl sites for hydroxylation is 2. The number of hydrogen-bond donors (Lipinski definition) is 3. The molecular formula is C14H23NO2. The molecule has 0 aliphatic heterocycles. The van der Waals surface area contributed by atoms with Gasteiger partial charge in [-0.05, 0) is 36.0 Å². The highest BCUT2D eigenvalue weighted by atomic mass is 16.3. The molecule has 17 heavy (non-hydrogen) atoms. The molecule has 0 radical (unpaired) electrons. The Morgan fingerprint density at radius 1 is 1.12 bits per heavy atom. The number of rotatable bonds is 2. The molecule has 96 valence electrons. The van der Waals surface area contributed by atoms with Gasteiger partial charge >= 0.3 is 0 Å². The Labute approximate surface area is 103 Å². The third kappa shape index (κ3) is 2.99. The molecule has 4 N–H and O–H groups in total. The first-order chi connectivity index (χ1) is 7.64. The monoisotopic (exact) mass is 237 g/mol. The molecule has 0 bridgehead atoms. The van der Waals surface area contributed by atoms with Crippen LogP contribution in [-0.4, -0.2) is 16.3 Å². The van der Waals surface area contributed by atoms with Gasteiger partial charge in [0.25, 0.3) is 0 Å². The number of benzene rings is 1. The smallest absolute Gasteiger partial charge is 0.121 e. The summed E-state index contributed by atoms with van der Waals surface area (Å²) in [7, 11) is 0. The summed E-state index contributed by atoms with van der Waals surface area (Å²) in [6, 6.07) is 3.23. The molecule has 3 heteroatoms. The molecule has 0 amide bonds. The van der Waals surface area contributed by atoms with Crippen LogP contribution in [0.1, 0.15) is 43.5 Å². The second kappa shape index (κ2) is 4.67. The van der Waals surface area contributed by atoms with Gasteiger partial charge in [-0.3, -0.25) is 0 Å². The maximum atomic E-state index is 10.2. The first kappa shape index (κ1) is 14.0. The molecule has 0 aromatic heterocycles. The largest absolute Gasteiger partial charge is 0.507 e. The van der Waals surface area contributed by atoms with E-state index in [1.54, 1.807) is 0 Å². The Bertz CT molecular complexity index is 384. The zero-order valence-corrected chi connectivity index (χ0v) is 11.3. The van der Waals surface area contributed by atoms with Crippen LogP contribution in [0.4, 0.5) is 0 Å². The lowest BCUT2D eigenvalue weighted by molar-refractivity contribution is 0.0401. The van der Waals surface area contributed by atoms with E-state index in [-0.39, 0.29) is 5.41 Å². The van der Waals surface area contributed by atoms with Gasteiger partial charge in [0.2, 0.25) is 0 Å². The van der Waals surface area contributed by atoms with Crippen molar-refractivity contribution < 1.29 is 10.2 Å². The average molecular weight is 237 g/mol. The molecule has 3 nitrogen and oxygen atoms in total. The number of phenolic OH excluding ortho intramolecular Hbond substituents is 1. The summed E-state index contributed by atoms with van der Waals surface area (Å²) in [4.78, 5) is 0. The van der Waals surface area contributed by atoms with Crippen LogP contribution in [0.25, 0.3) is 0 Å². The van der Waals surface area contributed by atoms with Crippen molar-refractivity contribution in [1.29, 1.82) is 0 Å². The van der Waals surface area contributed by atoms with E-state index >= 15 is 0 Å². The number of aliphatic hydroxyl groups excluding tert-OH is 1. The van der Waals surface area contributed by atoms with Gasteiger partial charge in [0.05, 0.1) is 12.1 Å². The van der Waals surface area contributed by atoms with Crippen molar-refractivity contribution in [2.45, 2.75) is 46.8 Å². The molecule has 0 saturated heterocycles. The van der Waals surface area contributed by atoms with E-state index < -0.39 is 12.1 Å². The number of aromatic hydroxyl groups is 1. The van der Waals surface area contributed by atoms with Crippen molar-refractivity contribution in [1.82, 2.24) is 0 Å². The number of phenols is 1. The average Bonchev–Trinajstić information content (AvgIpc) is 2.21. The highest BCUT2D eigenvalue weighted by molar-refractivity contribution is 5.43. The van der Waals surface area contributed by atoms with E-state index in [2.05, 4.69) is 0 Å². The van der Waals surface area contributed by atoms with Crippen molar-refractivity contribution >= 4 is 0 Å². The zero-order valence-electron chi connectivity index (χ0n) is 11.3. The molecule has 0 spiro atoms. The second-order valence-electron chi connectivity index (χ2n) is 5.84. The molecule has 0 heterocycles. The standard InChI is InChI=1S/C14H23NO2/c1-8-6-10(7-9(2)12(8)16)11(15)13(17)14(3,4)5/h6-7,11,13,16-17H,15H2,1-5H3/t11-,13-/m1/s1. The quantitative estimate of drug-likeness (QED) is 0.740. The fraction of sp³-hybridized carbons (Fsp3) is 0.571. The summed E-state index contributed by atoms with van der Waals surface area (Å²) in [5.74, 6) is 0.297. The van der Waals surface area contributed by atoms with Crippen LogP contribution in [0.5, 0.6) is 5.75 Å². The third-order valence-electron chi connectivity index (χ3n) is 3.13. The molecule has 1 rings (SSSR count). The SMILES string of the molecule is Cc1cc([C@@H](N)[C@@H](O)C(C)(C)C)cc(C)c1O. The molecular weight excluding hydrogens is 214 g/mol. The second-order valence-corrected chi connectivity index (χ2v) is 5.84. The predicted octanol–water partition coefficient (Wildman–Crippen LogP) is 2.42. The van der Waals surface area contributed by atoms with Gasteiger partial charge in [-0.15, -0.1) is 0 Å². The molecule has 0 unspecified atom stereocenters. The molecule has 1 aromatic carbocycles. The van der Waals surface area contributed by atoms with Crippen molar-refractivity contribution in [3.8, 4) is 5.75 Å². The van der Waals surface area contributed by atoms with Gasteiger partial charge in [0.15, 0.2) is 0 Å². The van der Waals surface area contributed by atoms with E-state index in [0.717, 1.165) is 16.7 Å². The fourth-order valence-electron chi connectivity index (χ4n) is 1.90. The van der Waals surface area contributed by atoms with Crippen molar-refractivity contribution in [3.63, 3.8) is 0 Å². The molecule has 1 aromatic rings. The molecule has 2 atom stereocenters.